The van der Waals surface area contributed by atoms with Crippen molar-refractivity contribution in [3.63, 3.8) is 0 Å². The van der Waals surface area contributed by atoms with Gasteiger partial charge in [-0.2, -0.15) is 5.10 Å². The van der Waals surface area contributed by atoms with Crippen LogP contribution in [0.4, 0.5) is 0 Å². The monoisotopic (exact) mass is 287 g/mol. The molecule has 0 amide bonds. The number of aromatic nitrogens is 4. The first-order valence-electron chi connectivity index (χ1n) is 8.01. The average Bonchev–Trinajstić information content (AvgIpc) is 3.24. The molecule has 0 unspecified atom stereocenters. The molecule has 3 rings (SSSR count). The van der Waals surface area contributed by atoms with E-state index in [1.165, 1.54) is 25.7 Å². The van der Waals surface area contributed by atoms with Crippen LogP contribution in [0.3, 0.4) is 0 Å². The third kappa shape index (κ3) is 3.18. The van der Waals surface area contributed by atoms with Gasteiger partial charge < -0.3 is 9.47 Å². The van der Waals surface area contributed by atoms with Crippen LogP contribution < -0.4 is 0 Å². The van der Waals surface area contributed by atoms with E-state index in [-0.39, 0.29) is 0 Å². The number of imidazole rings is 1. The summed E-state index contributed by atoms with van der Waals surface area (Å²) in [7, 11) is 2.25. The van der Waals surface area contributed by atoms with Gasteiger partial charge in [-0.1, -0.05) is 12.8 Å². The van der Waals surface area contributed by atoms with E-state index in [9.17, 15) is 0 Å². The van der Waals surface area contributed by atoms with Gasteiger partial charge in [-0.15, -0.1) is 0 Å². The second-order valence-electron chi connectivity index (χ2n) is 5.98. The maximum Gasteiger partial charge on any atom is 0.0951 e. The predicted molar refractivity (Wildman–Crippen MR) is 84.0 cm³/mol. The summed E-state index contributed by atoms with van der Waals surface area (Å²) in [6, 6.07) is 0.778. The van der Waals surface area contributed by atoms with Gasteiger partial charge in [0.15, 0.2) is 0 Å². The summed E-state index contributed by atoms with van der Waals surface area (Å²) in [5, 5.41) is 4.36. The lowest BCUT2D eigenvalue weighted by molar-refractivity contribution is 0.237. The molecule has 21 heavy (non-hydrogen) atoms. The van der Waals surface area contributed by atoms with Crippen LogP contribution in [0, 0.1) is 0 Å². The van der Waals surface area contributed by atoms with E-state index in [0.717, 1.165) is 36.9 Å². The molecular formula is C16H25N5. The molecule has 5 nitrogen and oxygen atoms in total. The van der Waals surface area contributed by atoms with E-state index in [1.807, 2.05) is 23.4 Å². The van der Waals surface area contributed by atoms with Crippen molar-refractivity contribution < 1.29 is 0 Å². The molecule has 1 aliphatic rings. The van der Waals surface area contributed by atoms with E-state index in [0.29, 0.717) is 0 Å². The van der Waals surface area contributed by atoms with E-state index in [2.05, 4.69) is 39.7 Å². The molecule has 0 bridgehead atoms. The molecule has 0 spiro atoms. The van der Waals surface area contributed by atoms with Crippen molar-refractivity contribution in [2.24, 2.45) is 0 Å². The first-order valence-corrected chi connectivity index (χ1v) is 8.01. The lowest BCUT2D eigenvalue weighted by atomic mass is 10.2. The first-order chi connectivity index (χ1) is 10.3. The van der Waals surface area contributed by atoms with Crippen molar-refractivity contribution in [2.75, 3.05) is 13.6 Å². The Labute approximate surface area is 126 Å². The zero-order chi connectivity index (χ0) is 14.7. The maximum atomic E-state index is 4.36. The largest absolute Gasteiger partial charge is 0.329 e. The van der Waals surface area contributed by atoms with Crippen LogP contribution in [0.5, 0.6) is 0 Å². The molecule has 0 atom stereocenters. The van der Waals surface area contributed by atoms with Gasteiger partial charge in [0.2, 0.25) is 0 Å². The van der Waals surface area contributed by atoms with Crippen molar-refractivity contribution in [1.82, 2.24) is 24.2 Å². The van der Waals surface area contributed by atoms with Gasteiger partial charge in [-0.25, -0.2) is 4.98 Å². The average molecular weight is 287 g/mol. The molecule has 0 N–H and O–H groups in total. The number of hydrogen-bond donors (Lipinski definition) is 0. The molecule has 1 aliphatic carbocycles. The molecule has 0 aliphatic heterocycles. The fourth-order valence-corrected chi connectivity index (χ4v) is 3.20. The summed E-state index contributed by atoms with van der Waals surface area (Å²) in [5.41, 5.74) is 2.31. The fraction of sp³-hybridized carbons (Fsp3) is 0.625. The van der Waals surface area contributed by atoms with Crippen molar-refractivity contribution in [2.45, 2.75) is 51.7 Å². The number of aryl methyl sites for hydroxylation is 1. The summed E-state index contributed by atoms with van der Waals surface area (Å²) in [4.78, 5) is 6.82. The summed E-state index contributed by atoms with van der Waals surface area (Å²) in [6.07, 6.45) is 13.4. The maximum absolute atomic E-state index is 4.36. The molecule has 0 radical (unpaired) electrons. The predicted octanol–water partition coefficient (Wildman–Crippen LogP) is 2.64. The fourth-order valence-electron chi connectivity index (χ4n) is 3.20. The zero-order valence-corrected chi connectivity index (χ0v) is 13.1. The molecule has 0 saturated heterocycles. The minimum absolute atomic E-state index is 0.778. The Hall–Kier alpha value is -1.62. The Bertz CT molecular complexity index is 565. The van der Waals surface area contributed by atoms with Crippen molar-refractivity contribution in [1.29, 1.82) is 0 Å². The highest BCUT2D eigenvalue weighted by atomic mass is 15.3. The molecule has 5 heteroatoms. The standard InChI is InChI=1S/C16H25N5/c1-3-21-12-14(10-18-21)16-11-17-13-20(16)9-8-19(2)15-6-4-5-7-15/h10-13,15H,3-9H2,1-2H3. The van der Waals surface area contributed by atoms with Crippen LogP contribution in [0.1, 0.15) is 32.6 Å². The van der Waals surface area contributed by atoms with E-state index >= 15 is 0 Å². The topological polar surface area (TPSA) is 38.9 Å². The van der Waals surface area contributed by atoms with Crippen molar-refractivity contribution in [3.8, 4) is 11.3 Å². The number of likely N-dealkylation sites (N-methyl/N-ethyl adjacent to an activating group) is 1. The normalized spacial score (nSPS) is 16.1. The molecule has 2 aromatic rings. The van der Waals surface area contributed by atoms with Gasteiger partial charge in [0, 0.05) is 37.4 Å². The quantitative estimate of drug-likeness (QED) is 0.820. The van der Waals surface area contributed by atoms with Gasteiger partial charge in [-0.3, -0.25) is 4.68 Å². The molecule has 1 saturated carbocycles. The highest BCUT2D eigenvalue weighted by Crippen LogP contribution is 2.23. The van der Waals surface area contributed by atoms with E-state index < -0.39 is 0 Å². The lowest BCUT2D eigenvalue weighted by Crippen LogP contribution is -2.32. The number of nitrogens with zero attached hydrogens (tertiary/aromatic N) is 5. The van der Waals surface area contributed by atoms with Gasteiger partial charge in [0.05, 0.1) is 24.4 Å². The highest BCUT2D eigenvalue weighted by Gasteiger charge is 2.19. The van der Waals surface area contributed by atoms with Gasteiger partial charge in [0.1, 0.15) is 0 Å². The zero-order valence-electron chi connectivity index (χ0n) is 13.1. The van der Waals surface area contributed by atoms with Gasteiger partial charge in [-0.05, 0) is 26.8 Å². The third-order valence-corrected chi connectivity index (χ3v) is 4.61. The highest BCUT2D eigenvalue weighted by molar-refractivity contribution is 5.56. The number of hydrogen-bond acceptors (Lipinski definition) is 3. The molecule has 114 valence electrons. The van der Waals surface area contributed by atoms with Crippen molar-refractivity contribution in [3.05, 3.63) is 24.9 Å². The minimum Gasteiger partial charge on any atom is -0.329 e. The van der Waals surface area contributed by atoms with Crippen LogP contribution in [0.2, 0.25) is 0 Å². The SMILES string of the molecule is CCn1cc(-c2cncn2CCN(C)C2CCCC2)cn1. The molecule has 2 aromatic heterocycles. The second-order valence-corrected chi connectivity index (χ2v) is 5.98. The molecule has 0 aromatic carbocycles. The van der Waals surface area contributed by atoms with Crippen molar-refractivity contribution >= 4 is 0 Å². The third-order valence-electron chi connectivity index (χ3n) is 4.61. The van der Waals surface area contributed by atoms with Crippen LogP contribution >= 0.6 is 0 Å². The van der Waals surface area contributed by atoms with Crippen LogP contribution in [-0.2, 0) is 13.1 Å². The van der Waals surface area contributed by atoms with Gasteiger partial charge >= 0.3 is 0 Å². The molecular weight excluding hydrogens is 262 g/mol. The van der Waals surface area contributed by atoms with E-state index in [1.54, 1.807) is 0 Å². The Morgan fingerprint density at radius 1 is 1.29 bits per heavy atom. The molecule has 1 fully saturated rings. The Kier molecular flexibility index (Phi) is 4.39. The summed E-state index contributed by atoms with van der Waals surface area (Å²) in [6.45, 7) is 5.07. The van der Waals surface area contributed by atoms with Crippen LogP contribution in [-0.4, -0.2) is 43.9 Å². The molecule has 2 heterocycles. The summed E-state index contributed by atoms with van der Waals surface area (Å²) < 4.78 is 4.19. The Morgan fingerprint density at radius 2 is 2.10 bits per heavy atom. The Morgan fingerprint density at radius 3 is 2.81 bits per heavy atom. The van der Waals surface area contributed by atoms with E-state index in [4.69, 9.17) is 0 Å². The van der Waals surface area contributed by atoms with Gasteiger partial charge in [0.25, 0.3) is 0 Å². The smallest absolute Gasteiger partial charge is 0.0951 e. The summed E-state index contributed by atoms with van der Waals surface area (Å²) >= 11 is 0. The lowest BCUT2D eigenvalue weighted by Gasteiger charge is -2.24. The minimum atomic E-state index is 0.778. The summed E-state index contributed by atoms with van der Waals surface area (Å²) in [5.74, 6) is 0. The first kappa shape index (κ1) is 14.3. The van der Waals surface area contributed by atoms with Crippen LogP contribution in [0.15, 0.2) is 24.9 Å². The number of rotatable bonds is 6. The second kappa shape index (κ2) is 6.43. The Balaban J connectivity index is 1.65. The van der Waals surface area contributed by atoms with Crippen LogP contribution in [0.25, 0.3) is 11.3 Å².